The van der Waals surface area contributed by atoms with E-state index in [0.717, 1.165) is 63.5 Å². The maximum Gasteiger partial charge on any atom is 0.254 e. The molecule has 0 spiro atoms. The van der Waals surface area contributed by atoms with E-state index in [4.69, 9.17) is 0 Å². The van der Waals surface area contributed by atoms with Gasteiger partial charge in [-0.1, -0.05) is 55.8 Å². The zero-order valence-corrected chi connectivity index (χ0v) is 17.6. The maximum absolute atomic E-state index is 12.9. The van der Waals surface area contributed by atoms with Gasteiger partial charge in [-0.3, -0.25) is 9.69 Å². The van der Waals surface area contributed by atoms with Crippen LogP contribution in [0.25, 0.3) is 6.08 Å². The van der Waals surface area contributed by atoms with Crippen LogP contribution >= 0.6 is 0 Å². The fourth-order valence-electron chi connectivity index (χ4n) is 3.49. The van der Waals surface area contributed by atoms with Crippen molar-refractivity contribution in [2.75, 3.05) is 51.2 Å². The number of rotatable bonds is 8. The summed E-state index contributed by atoms with van der Waals surface area (Å²) in [5.74, 6) is 0.978. The van der Waals surface area contributed by atoms with Crippen LogP contribution in [0.3, 0.4) is 0 Å². The van der Waals surface area contributed by atoms with Crippen LogP contribution < -0.4 is 4.90 Å². The molecule has 0 aliphatic carbocycles. The van der Waals surface area contributed by atoms with Gasteiger partial charge in [0.1, 0.15) is 5.82 Å². The number of carbonyl (C=O) groups is 1. The first-order valence-electron chi connectivity index (χ1n) is 10.6. The maximum atomic E-state index is 12.9. The summed E-state index contributed by atoms with van der Waals surface area (Å²) in [4.78, 5) is 23.8. The van der Waals surface area contributed by atoms with E-state index in [2.05, 4.69) is 58.1 Å². The molecule has 0 unspecified atom stereocenters. The second kappa shape index (κ2) is 10.8. The van der Waals surface area contributed by atoms with Crippen molar-refractivity contribution in [1.82, 2.24) is 14.8 Å². The second-order valence-electron chi connectivity index (χ2n) is 7.58. The molecule has 0 N–H and O–H groups in total. The van der Waals surface area contributed by atoms with Gasteiger partial charge in [-0.2, -0.15) is 0 Å². The number of nitrogens with zero attached hydrogens (tertiary/aromatic N) is 4. The molecule has 0 atom stereocenters. The molecule has 1 aliphatic heterocycles. The van der Waals surface area contributed by atoms with Crippen molar-refractivity contribution >= 4 is 17.8 Å². The predicted molar refractivity (Wildman–Crippen MR) is 120 cm³/mol. The average Bonchev–Trinajstić information content (AvgIpc) is 2.78. The topological polar surface area (TPSA) is 39.7 Å². The van der Waals surface area contributed by atoms with Crippen LogP contribution in [0.4, 0.5) is 5.82 Å². The van der Waals surface area contributed by atoms with Crippen LogP contribution in [0.15, 0.2) is 54.7 Å². The van der Waals surface area contributed by atoms with Gasteiger partial charge in [-0.25, -0.2) is 4.98 Å². The number of benzene rings is 1. The molecular formula is C24H32N4O. The van der Waals surface area contributed by atoms with Gasteiger partial charge in [0.25, 0.3) is 5.91 Å². The van der Waals surface area contributed by atoms with Crippen LogP contribution in [0.5, 0.6) is 0 Å². The summed E-state index contributed by atoms with van der Waals surface area (Å²) in [5, 5.41) is 0. The van der Waals surface area contributed by atoms with Gasteiger partial charge in [-0.15, -0.1) is 0 Å². The van der Waals surface area contributed by atoms with Crippen LogP contribution in [0.1, 0.15) is 35.7 Å². The molecule has 29 heavy (non-hydrogen) atoms. The Kier molecular flexibility index (Phi) is 7.82. The molecular weight excluding hydrogens is 360 g/mol. The minimum atomic E-state index is 0.108. The van der Waals surface area contributed by atoms with E-state index in [1.54, 1.807) is 6.20 Å². The molecule has 1 saturated heterocycles. The molecule has 0 radical (unpaired) electrons. The molecule has 3 rings (SSSR count). The van der Waals surface area contributed by atoms with Crippen LogP contribution in [-0.2, 0) is 0 Å². The highest BCUT2D eigenvalue weighted by Crippen LogP contribution is 2.15. The molecule has 1 aromatic heterocycles. The fourth-order valence-corrected chi connectivity index (χ4v) is 3.49. The molecule has 5 heteroatoms. The Morgan fingerprint density at radius 2 is 1.90 bits per heavy atom. The first-order chi connectivity index (χ1) is 14.2. The molecule has 1 aromatic carbocycles. The molecule has 0 saturated carbocycles. The fraction of sp³-hybridized carbons (Fsp3) is 0.417. The number of aromatic nitrogens is 1. The number of pyridine rings is 1. The predicted octanol–water partition coefficient (Wildman–Crippen LogP) is 3.79. The third-order valence-electron chi connectivity index (χ3n) is 5.36. The summed E-state index contributed by atoms with van der Waals surface area (Å²) in [6.45, 7) is 7.38. The van der Waals surface area contributed by atoms with Crippen LogP contribution in [0.2, 0.25) is 0 Å². The summed E-state index contributed by atoms with van der Waals surface area (Å²) in [7, 11) is 2.04. The summed E-state index contributed by atoms with van der Waals surface area (Å²) >= 11 is 0. The van der Waals surface area contributed by atoms with Gasteiger partial charge in [0.2, 0.25) is 0 Å². The molecule has 1 aliphatic rings. The van der Waals surface area contributed by atoms with Crippen molar-refractivity contribution in [3.8, 4) is 0 Å². The van der Waals surface area contributed by atoms with Crippen molar-refractivity contribution in [2.45, 2.75) is 19.8 Å². The van der Waals surface area contributed by atoms with Crippen molar-refractivity contribution in [3.05, 3.63) is 65.9 Å². The van der Waals surface area contributed by atoms with E-state index >= 15 is 0 Å². The lowest BCUT2D eigenvalue weighted by atomic mass is 10.2. The SMILES string of the molecule is CCCCN(C)c1cc(C(=O)N2CCN(C/C=C/c3ccccc3)CC2)ccn1. The summed E-state index contributed by atoms with van der Waals surface area (Å²) in [6.07, 6.45) is 8.37. The number of carbonyl (C=O) groups excluding carboxylic acids is 1. The largest absolute Gasteiger partial charge is 0.360 e. The standard InChI is InChI=1S/C24H32N4O/c1-3-4-14-26(2)23-20-22(12-13-25-23)24(29)28-18-16-27(17-19-28)15-8-11-21-9-6-5-7-10-21/h5-13,20H,3-4,14-19H2,1-2H3/b11-8+. The third kappa shape index (κ3) is 6.16. The molecule has 0 bridgehead atoms. The zero-order valence-electron chi connectivity index (χ0n) is 17.6. The zero-order chi connectivity index (χ0) is 20.5. The van der Waals surface area contributed by atoms with Crippen molar-refractivity contribution in [1.29, 1.82) is 0 Å². The Bertz CT molecular complexity index is 798. The lowest BCUT2D eigenvalue weighted by molar-refractivity contribution is 0.0650. The Morgan fingerprint density at radius 1 is 1.14 bits per heavy atom. The van der Waals surface area contributed by atoms with Gasteiger partial charge in [0.15, 0.2) is 0 Å². The average molecular weight is 393 g/mol. The Hall–Kier alpha value is -2.66. The van der Waals surface area contributed by atoms with Gasteiger partial charge in [0, 0.05) is 58.1 Å². The quantitative estimate of drug-likeness (QED) is 0.685. The van der Waals surface area contributed by atoms with Gasteiger partial charge in [0.05, 0.1) is 0 Å². The van der Waals surface area contributed by atoms with E-state index in [-0.39, 0.29) is 5.91 Å². The first kappa shape index (κ1) is 21.1. The number of unbranched alkanes of at least 4 members (excludes halogenated alkanes) is 1. The summed E-state index contributed by atoms with van der Waals surface area (Å²) in [6, 6.07) is 14.1. The minimum Gasteiger partial charge on any atom is -0.360 e. The van der Waals surface area contributed by atoms with Crippen LogP contribution in [-0.4, -0.2) is 67.0 Å². The van der Waals surface area contributed by atoms with Gasteiger partial charge >= 0.3 is 0 Å². The smallest absolute Gasteiger partial charge is 0.254 e. The molecule has 1 amide bonds. The van der Waals surface area contributed by atoms with E-state index in [0.29, 0.717) is 0 Å². The van der Waals surface area contributed by atoms with E-state index in [9.17, 15) is 4.79 Å². The molecule has 2 aromatic rings. The number of hydrogen-bond donors (Lipinski definition) is 0. The molecule has 154 valence electrons. The highest BCUT2D eigenvalue weighted by molar-refractivity contribution is 5.95. The first-order valence-corrected chi connectivity index (χ1v) is 10.6. The van der Waals surface area contributed by atoms with Gasteiger partial charge < -0.3 is 9.80 Å². The lowest BCUT2D eigenvalue weighted by Gasteiger charge is -2.34. The third-order valence-corrected chi connectivity index (χ3v) is 5.36. The van der Waals surface area contributed by atoms with Crippen molar-refractivity contribution in [2.24, 2.45) is 0 Å². The lowest BCUT2D eigenvalue weighted by Crippen LogP contribution is -2.48. The Balaban J connectivity index is 1.50. The summed E-state index contributed by atoms with van der Waals surface area (Å²) < 4.78 is 0. The number of amides is 1. The Labute approximate surface area is 174 Å². The molecule has 2 heterocycles. The van der Waals surface area contributed by atoms with E-state index in [1.807, 2.05) is 30.1 Å². The highest BCUT2D eigenvalue weighted by atomic mass is 16.2. The Morgan fingerprint density at radius 3 is 2.62 bits per heavy atom. The summed E-state index contributed by atoms with van der Waals surface area (Å²) in [5.41, 5.74) is 1.95. The normalized spacial score (nSPS) is 15.0. The number of piperazine rings is 1. The van der Waals surface area contributed by atoms with E-state index < -0.39 is 0 Å². The monoisotopic (exact) mass is 392 g/mol. The highest BCUT2D eigenvalue weighted by Gasteiger charge is 2.22. The number of anilines is 1. The minimum absolute atomic E-state index is 0.108. The van der Waals surface area contributed by atoms with Crippen LogP contribution in [0, 0.1) is 0 Å². The molecule has 5 nitrogen and oxygen atoms in total. The second-order valence-corrected chi connectivity index (χ2v) is 7.58. The van der Waals surface area contributed by atoms with Crippen molar-refractivity contribution < 1.29 is 4.79 Å². The molecule has 1 fully saturated rings. The van der Waals surface area contributed by atoms with Gasteiger partial charge in [-0.05, 0) is 24.1 Å². The number of hydrogen-bond acceptors (Lipinski definition) is 4. The van der Waals surface area contributed by atoms with Crippen molar-refractivity contribution in [3.63, 3.8) is 0 Å². The van der Waals surface area contributed by atoms with E-state index in [1.165, 1.54) is 5.56 Å².